The number of aliphatic hydroxyl groups is 2. The van der Waals surface area contributed by atoms with Crippen LogP contribution in [0.25, 0.3) is 0 Å². The zero-order valence-corrected chi connectivity index (χ0v) is 49.3. The van der Waals surface area contributed by atoms with Crippen molar-refractivity contribution in [1.82, 2.24) is 37.2 Å². The molecule has 25 nitrogen and oxygen atoms in total. The molecular weight excluding hydrogens is 1070 g/mol. The summed E-state index contributed by atoms with van der Waals surface area (Å²) in [5, 5.41) is 39.4. The molecule has 0 spiro atoms. The summed E-state index contributed by atoms with van der Waals surface area (Å²) in [6, 6.07) is 0.273. The lowest BCUT2D eigenvalue weighted by Gasteiger charge is -2.28. The largest absolute Gasteiger partial charge is 0.394 e. The number of amides is 7. The average Bonchev–Trinajstić information content (AvgIpc) is 3.49. The maximum atomic E-state index is 14.5. The van der Waals surface area contributed by atoms with Crippen molar-refractivity contribution >= 4 is 64.5 Å². The molecule has 11 atom stereocenters. The maximum absolute atomic E-state index is 14.5. The standard InChI is InChI=1S/C58H98N12O13/c1-5-6-7-8-12-15-42(73)30-38(16-22-59)54(79)70-51(36(4)72)50(76)32-40(18-24-61)52(77)67-45-21-27-64-56(81)47(34-71)69-53(78)39(17-23-60)31-48(74)43(19-25-62)66-58(83)46(28-35(2)3)68-55(80)41(29-37-13-10-9-11-14-37)33-49(75)44(20-26-63)65-57(45)82/h9-11,13-14,35-36,38-41,43-47,51,71-72H,5-8,12,15-34,59-63H2,1-4H3,(H,64,81)(H,65,82)(H,66,83)(H,67,77)(H,68,80)(H,69,78)(H,70,79)/t36-,38-,39-,40-,41+,43+,44+,45+,46+,47+,51+/m1/s1. The van der Waals surface area contributed by atoms with Crippen LogP contribution in [0.15, 0.2) is 30.3 Å². The minimum atomic E-state index is -1.59. The second kappa shape index (κ2) is 40.2. The molecule has 1 aliphatic heterocycles. The topological polar surface area (TPSA) is 443 Å². The van der Waals surface area contributed by atoms with Gasteiger partial charge in [0.2, 0.25) is 41.4 Å². The van der Waals surface area contributed by atoms with Crippen LogP contribution < -0.4 is 65.9 Å². The highest BCUT2D eigenvalue weighted by molar-refractivity contribution is 5.99. The number of hydrogen-bond donors (Lipinski definition) is 14. The van der Waals surface area contributed by atoms with E-state index in [0.29, 0.717) is 12.0 Å². The third kappa shape index (κ3) is 27.0. The Bertz CT molecular complexity index is 2240. The molecule has 0 bridgehead atoms. The molecule has 2 rings (SSSR count). The third-order valence-electron chi connectivity index (χ3n) is 14.7. The van der Waals surface area contributed by atoms with Gasteiger partial charge >= 0.3 is 0 Å². The molecule has 1 fully saturated rings. The van der Waals surface area contributed by atoms with E-state index >= 15 is 0 Å². The molecular formula is C58H98N12O13. The number of nitrogens with two attached hydrogens (primary N) is 5. The summed E-state index contributed by atoms with van der Waals surface area (Å²) in [4.78, 5) is 154. The van der Waals surface area contributed by atoms with Crippen molar-refractivity contribution < 1.29 is 63.0 Å². The van der Waals surface area contributed by atoms with Gasteiger partial charge in [0.1, 0.15) is 30.0 Å². The van der Waals surface area contributed by atoms with Crippen LogP contribution in [0.1, 0.15) is 142 Å². The molecule has 1 saturated heterocycles. The molecule has 0 radical (unpaired) electrons. The highest BCUT2D eigenvalue weighted by atomic mass is 16.3. The predicted octanol–water partition coefficient (Wildman–Crippen LogP) is -1.52. The van der Waals surface area contributed by atoms with Crippen molar-refractivity contribution in [2.45, 2.75) is 186 Å². The van der Waals surface area contributed by atoms with E-state index in [1.807, 2.05) is 13.8 Å². The van der Waals surface area contributed by atoms with Gasteiger partial charge in [-0.25, -0.2) is 0 Å². The Kier molecular flexibility index (Phi) is 35.4. The zero-order valence-electron chi connectivity index (χ0n) is 49.3. The monoisotopic (exact) mass is 1170 g/mol. The molecule has 0 aromatic heterocycles. The van der Waals surface area contributed by atoms with E-state index in [9.17, 15) is 63.0 Å². The van der Waals surface area contributed by atoms with Gasteiger partial charge in [0, 0.05) is 62.3 Å². The SMILES string of the molecule is CCCCCCCC(=O)C[C@@H](CCN)C(=O)N[C@H](C(=O)C[C@@H](CCN)C(=O)N[C@H]1CCNC(=O)[C@H](CO)NC(=O)[C@H](CCN)CC(=O)[C@H](CCN)NC(=O)[C@H](CC(C)C)NC(=O)[C@@H](Cc2ccccc2)CC(=O)[C@H](CCN)NC1=O)[C@@H](C)O. The summed E-state index contributed by atoms with van der Waals surface area (Å²) in [6.07, 6.45) is 1.25. The van der Waals surface area contributed by atoms with Gasteiger partial charge in [-0.2, -0.15) is 0 Å². The fourth-order valence-electron chi connectivity index (χ4n) is 9.92. The highest BCUT2D eigenvalue weighted by Crippen LogP contribution is 2.21. The van der Waals surface area contributed by atoms with E-state index in [1.54, 1.807) is 30.3 Å². The fraction of sp³-hybridized carbons (Fsp3) is 0.707. The molecule has 1 heterocycles. The Balaban J connectivity index is 2.65. The van der Waals surface area contributed by atoms with Gasteiger partial charge in [0.15, 0.2) is 17.3 Å². The molecule has 0 aliphatic carbocycles. The Morgan fingerprint density at radius 3 is 1.72 bits per heavy atom. The number of carbonyl (C=O) groups is 11. The third-order valence-corrected chi connectivity index (χ3v) is 14.7. The summed E-state index contributed by atoms with van der Waals surface area (Å²) in [6.45, 7) is 5.34. The molecule has 468 valence electrons. The van der Waals surface area contributed by atoms with Crippen molar-refractivity contribution in [2.24, 2.45) is 58.3 Å². The molecule has 1 aliphatic rings. The number of ketones is 4. The van der Waals surface area contributed by atoms with Gasteiger partial charge in [-0.05, 0) is 109 Å². The van der Waals surface area contributed by atoms with E-state index in [0.717, 1.165) is 25.7 Å². The van der Waals surface area contributed by atoms with Gasteiger partial charge in [0.25, 0.3) is 0 Å². The second-order valence-electron chi connectivity index (χ2n) is 22.2. The molecule has 1 aromatic rings. The lowest BCUT2D eigenvalue weighted by Crippen LogP contribution is -2.55. The van der Waals surface area contributed by atoms with E-state index < -0.39 is 164 Å². The summed E-state index contributed by atoms with van der Waals surface area (Å²) in [7, 11) is 0. The summed E-state index contributed by atoms with van der Waals surface area (Å²) in [5.41, 5.74) is 30.2. The van der Waals surface area contributed by atoms with Crippen LogP contribution >= 0.6 is 0 Å². The number of benzene rings is 1. The van der Waals surface area contributed by atoms with Crippen LogP contribution in [0.2, 0.25) is 0 Å². The smallest absolute Gasteiger partial charge is 0.244 e. The second-order valence-corrected chi connectivity index (χ2v) is 22.2. The zero-order chi connectivity index (χ0) is 62.0. The molecule has 83 heavy (non-hydrogen) atoms. The first-order valence-corrected chi connectivity index (χ1v) is 29.6. The van der Waals surface area contributed by atoms with Crippen LogP contribution in [-0.4, -0.2) is 163 Å². The first-order valence-electron chi connectivity index (χ1n) is 29.6. The molecule has 0 unspecified atom stereocenters. The van der Waals surface area contributed by atoms with Crippen molar-refractivity contribution in [1.29, 1.82) is 0 Å². The fourth-order valence-corrected chi connectivity index (χ4v) is 9.92. The van der Waals surface area contributed by atoms with Crippen LogP contribution in [0.3, 0.4) is 0 Å². The lowest BCUT2D eigenvalue weighted by atomic mass is 9.89. The number of Topliss-reactive ketones (excluding diaryl/α,β-unsaturated/α-hetero) is 4. The summed E-state index contributed by atoms with van der Waals surface area (Å²) in [5.74, 6) is -12.4. The maximum Gasteiger partial charge on any atom is 0.244 e. The number of carbonyl (C=O) groups excluding carboxylic acids is 11. The quantitative estimate of drug-likeness (QED) is 0.0376. The van der Waals surface area contributed by atoms with E-state index in [1.165, 1.54) is 6.92 Å². The molecule has 1 aromatic carbocycles. The minimum absolute atomic E-state index is 0.0118. The lowest BCUT2D eigenvalue weighted by molar-refractivity contribution is -0.137. The van der Waals surface area contributed by atoms with Crippen LogP contribution in [0.4, 0.5) is 0 Å². The van der Waals surface area contributed by atoms with Crippen molar-refractivity contribution in [3.8, 4) is 0 Å². The number of hydrogen-bond acceptors (Lipinski definition) is 18. The van der Waals surface area contributed by atoms with Gasteiger partial charge in [-0.15, -0.1) is 0 Å². The predicted molar refractivity (Wildman–Crippen MR) is 312 cm³/mol. The summed E-state index contributed by atoms with van der Waals surface area (Å²) < 4.78 is 0. The van der Waals surface area contributed by atoms with Crippen molar-refractivity contribution in [3.63, 3.8) is 0 Å². The van der Waals surface area contributed by atoms with Crippen molar-refractivity contribution in [3.05, 3.63) is 35.9 Å². The van der Waals surface area contributed by atoms with Gasteiger partial charge in [-0.3, -0.25) is 52.7 Å². The minimum Gasteiger partial charge on any atom is -0.394 e. The molecule has 19 N–H and O–H groups in total. The molecule has 25 heteroatoms. The van der Waals surface area contributed by atoms with Crippen molar-refractivity contribution in [2.75, 3.05) is 45.9 Å². The molecule has 7 amide bonds. The van der Waals surface area contributed by atoms with Gasteiger partial charge < -0.3 is 76.1 Å². The highest BCUT2D eigenvalue weighted by Gasteiger charge is 2.37. The first-order chi connectivity index (χ1) is 39.6. The van der Waals surface area contributed by atoms with E-state index in [4.69, 9.17) is 28.7 Å². The van der Waals surface area contributed by atoms with Crippen LogP contribution in [0.5, 0.6) is 0 Å². The molecule has 0 saturated carbocycles. The number of aliphatic hydroxyl groups excluding tert-OH is 2. The number of nitrogens with one attached hydrogen (secondary N) is 7. The Morgan fingerprint density at radius 1 is 0.627 bits per heavy atom. The Hall–Kier alpha value is -6.09. The van der Waals surface area contributed by atoms with Crippen LogP contribution in [0, 0.1) is 29.6 Å². The number of rotatable bonds is 31. The van der Waals surface area contributed by atoms with Gasteiger partial charge in [0.05, 0.1) is 24.8 Å². The number of unbranched alkanes of at least 4 members (excludes halogenated alkanes) is 4. The van der Waals surface area contributed by atoms with E-state index in [-0.39, 0.29) is 102 Å². The van der Waals surface area contributed by atoms with Gasteiger partial charge in [-0.1, -0.05) is 76.8 Å². The van der Waals surface area contributed by atoms with Crippen LogP contribution in [-0.2, 0) is 59.2 Å². The first kappa shape index (κ1) is 73.0. The average molecular weight is 1170 g/mol. The Morgan fingerprint density at radius 2 is 1.17 bits per heavy atom. The Labute approximate surface area is 488 Å². The van der Waals surface area contributed by atoms with E-state index in [2.05, 4.69) is 44.1 Å². The summed E-state index contributed by atoms with van der Waals surface area (Å²) >= 11 is 0. The normalized spacial score (nSPS) is 22.7.